The Labute approximate surface area is 111 Å². The van der Waals surface area contributed by atoms with Gasteiger partial charge in [-0.25, -0.2) is 8.42 Å². The molecule has 1 unspecified atom stereocenters. The van der Waals surface area contributed by atoms with Crippen LogP contribution in [0.25, 0.3) is 0 Å². The van der Waals surface area contributed by atoms with Crippen molar-refractivity contribution in [2.24, 2.45) is 5.73 Å². The van der Waals surface area contributed by atoms with E-state index < -0.39 is 9.84 Å². The molecule has 1 atom stereocenters. The van der Waals surface area contributed by atoms with Crippen molar-refractivity contribution in [3.63, 3.8) is 0 Å². The molecule has 3 nitrogen and oxygen atoms in total. The molecule has 2 N–H and O–H groups in total. The molecule has 96 valence electrons. The highest BCUT2D eigenvalue weighted by Crippen LogP contribution is 2.20. The number of benzene rings is 1. The molecule has 0 saturated heterocycles. The lowest BCUT2D eigenvalue weighted by Gasteiger charge is -2.12. The molecule has 1 aromatic carbocycles. The van der Waals surface area contributed by atoms with E-state index in [0.717, 1.165) is 12.0 Å². The maximum absolute atomic E-state index is 11.5. The Morgan fingerprint density at radius 1 is 1.33 bits per heavy atom. The molecule has 2 aromatic rings. The summed E-state index contributed by atoms with van der Waals surface area (Å²) in [4.78, 5) is 0.320. The Bertz CT molecular complexity index is 618. The normalized spacial score (nSPS) is 13.4. The van der Waals surface area contributed by atoms with Gasteiger partial charge in [0.1, 0.15) is 0 Å². The minimum absolute atomic E-state index is 0.179. The Morgan fingerprint density at radius 3 is 2.72 bits per heavy atom. The lowest BCUT2D eigenvalue weighted by Crippen LogP contribution is -2.13. The molecule has 0 bridgehead atoms. The second kappa shape index (κ2) is 5.22. The zero-order valence-electron chi connectivity index (χ0n) is 10.0. The zero-order valence-corrected chi connectivity index (χ0v) is 11.7. The van der Waals surface area contributed by atoms with E-state index in [1.807, 2.05) is 17.5 Å². The minimum Gasteiger partial charge on any atom is -0.324 e. The van der Waals surface area contributed by atoms with Crippen LogP contribution in [0.5, 0.6) is 0 Å². The van der Waals surface area contributed by atoms with Gasteiger partial charge in [0.05, 0.1) is 4.90 Å². The van der Waals surface area contributed by atoms with Crippen LogP contribution in [0.2, 0.25) is 0 Å². The number of rotatable bonds is 4. The number of thiophene rings is 1. The van der Waals surface area contributed by atoms with E-state index in [1.165, 1.54) is 11.8 Å². The van der Waals surface area contributed by atoms with Gasteiger partial charge in [0.2, 0.25) is 0 Å². The van der Waals surface area contributed by atoms with E-state index in [1.54, 1.807) is 29.5 Å². The maximum atomic E-state index is 11.5. The molecule has 0 saturated carbocycles. The third kappa shape index (κ3) is 3.19. The summed E-state index contributed by atoms with van der Waals surface area (Å²) < 4.78 is 23.0. The van der Waals surface area contributed by atoms with Crippen molar-refractivity contribution in [2.45, 2.75) is 17.4 Å². The van der Waals surface area contributed by atoms with Gasteiger partial charge in [0.25, 0.3) is 0 Å². The highest BCUT2D eigenvalue weighted by molar-refractivity contribution is 7.90. The van der Waals surface area contributed by atoms with Gasteiger partial charge in [-0.3, -0.25) is 0 Å². The van der Waals surface area contributed by atoms with E-state index in [9.17, 15) is 8.42 Å². The first-order chi connectivity index (χ1) is 8.47. The standard InChI is InChI=1S/C13H15NO2S2/c1-18(15,16)12-4-2-3-11(8-12)13(14)7-10-5-6-17-9-10/h2-6,8-9,13H,7,14H2,1H3. The summed E-state index contributed by atoms with van der Waals surface area (Å²) in [7, 11) is -3.17. The maximum Gasteiger partial charge on any atom is 0.175 e. The van der Waals surface area contributed by atoms with Crippen molar-refractivity contribution in [1.29, 1.82) is 0 Å². The average Bonchev–Trinajstić information content (AvgIpc) is 2.81. The van der Waals surface area contributed by atoms with Crippen LogP contribution in [0.15, 0.2) is 46.0 Å². The molecule has 0 spiro atoms. The third-order valence-electron chi connectivity index (χ3n) is 2.75. The molecule has 5 heteroatoms. The average molecular weight is 281 g/mol. The third-order valence-corrected chi connectivity index (χ3v) is 4.59. The SMILES string of the molecule is CS(=O)(=O)c1cccc(C(N)Cc2ccsc2)c1. The Morgan fingerprint density at radius 2 is 2.11 bits per heavy atom. The van der Waals surface area contributed by atoms with Gasteiger partial charge in [-0.15, -0.1) is 0 Å². The first-order valence-corrected chi connectivity index (χ1v) is 8.37. The number of sulfone groups is 1. The van der Waals surface area contributed by atoms with Crippen molar-refractivity contribution < 1.29 is 8.42 Å². The fourth-order valence-corrected chi connectivity index (χ4v) is 3.11. The second-order valence-corrected chi connectivity index (χ2v) is 7.08. The number of nitrogens with two attached hydrogens (primary N) is 1. The summed E-state index contributed by atoms with van der Waals surface area (Å²) in [6.45, 7) is 0. The zero-order chi connectivity index (χ0) is 13.2. The summed E-state index contributed by atoms with van der Waals surface area (Å²) in [6.07, 6.45) is 1.92. The summed E-state index contributed by atoms with van der Waals surface area (Å²) in [5.41, 5.74) is 8.14. The van der Waals surface area contributed by atoms with Crippen LogP contribution in [0, 0.1) is 0 Å². The van der Waals surface area contributed by atoms with E-state index in [4.69, 9.17) is 5.73 Å². The smallest absolute Gasteiger partial charge is 0.175 e. The van der Waals surface area contributed by atoms with Gasteiger partial charge in [0, 0.05) is 12.3 Å². The van der Waals surface area contributed by atoms with Crippen LogP contribution < -0.4 is 5.73 Å². The largest absolute Gasteiger partial charge is 0.324 e. The minimum atomic E-state index is -3.17. The summed E-state index contributed by atoms with van der Waals surface area (Å²) in [6, 6.07) is 8.71. The van der Waals surface area contributed by atoms with Crippen molar-refractivity contribution in [2.75, 3.05) is 6.26 Å². The highest BCUT2D eigenvalue weighted by Gasteiger charge is 2.12. The lowest BCUT2D eigenvalue weighted by atomic mass is 10.0. The van der Waals surface area contributed by atoms with Gasteiger partial charge in [0.15, 0.2) is 9.84 Å². The molecular formula is C13H15NO2S2. The fourth-order valence-electron chi connectivity index (χ4n) is 1.76. The van der Waals surface area contributed by atoms with Crippen LogP contribution in [0.1, 0.15) is 17.2 Å². The van der Waals surface area contributed by atoms with Crippen molar-refractivity contribution in [1.82, 2.24) is 0 Å². The molecule has 2 rings (SSSR count). The quantitative estimate of drug-likeness (QED) is 0.936. The Balaban J connectivity index is 2.23. The summed E-state index contributed by atoms with van der Waals surface area (Å²) in [5, 5.41) is 4.06. The molecule has 0 fully saturated rings. The fraction of sp³-hybridized carbons (Fsp3) is 0.231. The van der Waals surface area contributed by atoms with E-state index >= 15 is 0 Å². The van der Waals surface area contributed by atoms with E-state index in [-0.39, 0.29) is 6.04 Å². The summed E-state index contributed by atoms with van der Waals surface area (Å²) in [5.74, 6) is 0. The number of hydrogen-bond donors (Lipinski definition) is 1. The van der Waals surface area contributed by atoms with E-state index in [2.05, 4.69) is 5.38 Å². The monoisotopic (exact) mass is 281 g/mol. The molecule has 0 aliphatic rings. The first kappa shape index (κ1) is 13.3. The molecule has 0 aliphatic carbocycles. The van der Waals surface area contributed by atoms with Crippen LogP contribution in [-0.4, -0.2) is 14.7 Å². The van der Waals surface area contributed by atoms with Gasteiger partial charge in [-0.2, -0.15) is 11.3 Å². The van der Waals surface area contributed by atoms with Crippen LogP contribution in [-0.2, 0) is 16.3 Å². The van der Waals surface area contributed by atoms with E-state index in [0.29, 0.717) is 4.90 Å². The molecule has 0 amide bonds. The van der Waals surface area contributed by atoms with Crippen LogP contribution >= 0.6 is 11.3 Å². The highest BCUT2D eigenvalue weighted by atomic mass is 32.2. The van der Waals surface area contributed by atoms with Gasteiger partial charge >= 0.3 is 0 Å². The van der Waals surface area contributed by atoms with Crippen molar-refractivity contribution >= 4 is 21.2 Å². The Hall–Kier alpha value is -1.17. The molecule has 0 aliphatic heterocycles. The van der Waals surface area contributed by atoms with Gasteiger partial charge in [-0.1, -0.05) is 12.1 Å². The molecule has 1 heterocycles. The first-order valence-electron chi connectivity index (χ1n) is 5.53. The van der Waals surface area contributed by atoms with Gasteiger partial charge < -0.3 is 5.73 Å². The van der Waals surface area contributed by atoms with Crippen molar-refractivity contribution in [3.8, 4) is 0 Å². The summed E-state index contributed by atoms with van der Waals surface area (Å²) >= 11 is 1.63. The van der Waals surface area contributed by atoms with Crippen molar-refractivity contribution in [3.05, 3.63) is 52.2 Å². The predicted molar refractivity (Wildman–Crippen MR) is 74.5 cm³/mol. The molecule has 1 aromatic heterocycles. The molecular weight excluding hydrogens is 266 g/mol. The molecule has 0 radical (unpaired) electrons. The topological polar surface area (TPSA) is 60.2 Å². The lowest BCUT2D eigenvalue weighted by molar-refractivity contribution is 0.601. The predicted octanol–water partition coefficient (Wildman–Crippen LogP) is 2.39. The van der Waals surface area contributed by atoms with Gasteiger partial charge in [-0.05, 0) is 46.5 Å². The number of hydrogen-bond acceptors (Lipinski definition) is 4. The van der Waals surface area contributed by atoms with Crippen LogP contribution in [0.3, 0.4) is 0 Å². The van der Waals surface area contributed by atoms with Crippen LogP contribution in [0.4, 0.5) is 0 Å². The Kier molecular flexibility index (Phi) is 3.85. The molecule has 18 heavy (non-hydrogen) atoms. The second-order valence-electron chi connectivity index (χ2n) is 4.29.